The van der Waals surface area contributed by atoms with E-state index in [2.05, 4.69) is 15.6 Å². The van der Waals surface area contributed by atoms with Crippen LogP contribution in [0.2, 0.25) is 0 Å². The fourth-order valence-electron chi connectivity index (χ4n) is 2.70. The highest BCUT2D eigenvalue weighted by molar-refractivity contribution is 5.95. The van der Waals surface area contributed by atoms with Crippen molar-refractivity contribution in [2.75, 3.05) is 12.1 Å². The Morgan fingerprint density at radius 3 is 3.04 bits per heavy atom. The number of aromatic nitrogens is 1. The molecule has 0 radical (unpaired) electrons. The SMILES string of the molecule is O=C(NCc1ccccc1)C12Nc3ccncc3C=C1OCO2. The number of nitrogens with one attached hydrogen (secondary N) is 2. The third-order valence-electron chi connectivity index (χ3n) is 3.90. The summed E-state index contributed by atoms with van der Waals surface area (Å²) in [5.74, 6) is 0.163. The second-order valence-electron chi connectivity index (χ2n) is 5.35. The monoisotopic (exact) mass is 309 g/mol. The zero-order valence-electron chi connectivity index (χ0n) is 12.3. The maximum Gasteiger partial charge on any atom is 0.282 e. The molecule has 1 amide bonds. The van der Waals surface area contributed by atoms with E-state index in [4.69, 9.17) is 9.47 Å². The maximum absolute atomic E-state index is 12.7. The molecule has 1 saturated heterocycles. The van der Waals surface area contributed by atoms with Crippen molar-refractivity contribution in [1.29, 1.82) is 0 Å². The van der Waals surface area contributed by atoms with Crippen molar-refractivity contribution in [3.8, 4) is 0 Å². The second kappa shape index (κ2) is 5.40. The maximum atomic E-state index is 12.7. The van der Waals surface area contributed by atoms with Crippen LogP contribution in [0.15, 0.2) is 54.6 Å². The fourth-order valence-corrected chi connectivity index (χ4v) is 2.70. The summed E-state index contributed by atoms with van der Waals surface area (Å²) in [4.78, 5) is 16.8. The number of benzene rings is 1. The van der Waals surface area contributed by atoms with Crippen molar-refractivity contribution < 1.29 is 14.3 Å². The molecular weight excluding hydrogens is 294 g/mol. The van der Waals surface area contributed by atoms with E-state index in [-0.39, 0.29) is 12.7 Å². The zero-order valence-corrected chi connectivity index (χ0v) is 12.3. The Balaban J connectivity index is 1.58. The fraction of sp³-hybridized carbons (Fsp3) is 0.176. The molecule has 6 nitrogen and oxygen atoms in total. The number of pyridine rings is 1. The van der Waals surface area contributed by atoms with Crippen LogP contribution in [0.5, 0.6) is 0 Å². The first-order chi connectivity index (χ1) is 11.3. The lowest BCUT2D eigenvalue weighted by molar-refractivity contribution is -0.136. The molecular formula is C17H15N3O3. The van der Waals surface area contributed by atoms with Crippen molar-refractivity contribution >= 4 is 17.7 Å². The van der Waals surface area contributed by atoms with Crippen LogP contribution in [-0.2, 0) is 20.8 Å². The molecule has 2 N–H and O–H groups in total. The Labute approximate surface area is 133 Å². The van der Waals surface area contributed by atoms with Gasteiger partial charge in [0.05, 0.1) is 0 Å². The number of hydrogen-bond acceptors (Lipinski definition) is 5. The van der Waals surface area contributed by atoms with Gasteiger partial charge >= 0.3 is 0 Å². The smallest absolute Gasteiger partial charge is 0.282 e. The van der Waals surface area contributed by atoms with E-state index in [1.54, 1.807) is 24.5 Å². The van der Waals surface area contributed by atoms with Crippen molar-refractivity contribution in [1.82, 2.24) is 10.3 Å². The Morgan fingerprint density at radius 2 is 2.17 bits per heavy atom. The number of ether oxygens (including phenoxy) is 2. The first kappa shape index (κ1) is 13.8. The number of fused-ring (bicyclic) bond motifs is 2. The van der Waals surface area contributed by atoms with E-state index >= 15 is 0 Å². The van der Waals surface area contributed by atoms with Crippen molar-refractivity contribution in [3.05, 3.63) is 65.7 Å². The Morgan fingerprint density at radius 1 is 1.30 bits per heavy atom. The number of rotatable bonds is 3. The molecule has 0 bridgehead atoms. The summed E-state index contributed by atoms with van der Waals surface area (Å²) in [6.45, 7) is 0.446. The van der Waals surface area contributed by atoms with Gasteiger partial charge in [-0.15, -0.1) is 0 Å². The molecule has 116 valence electrons. The molecule has 1 unspecified atom stereocenters. The van der Waals surface area contributed by atoms with E-state index in [0.717, 1.165) is 16.8 Å². The van der Waals surface area contributed by atoms with Crippen LogP contribution in [0, 0.1) is 0 Å². The minimum Gasteiger partial charge on any atom is -0.466 e. The third-order valence-corrected chi connectivity index (χ3v) is 3.90. The number of amides is 1. The number of nitrogens with zero attached hydrogens (tertiary/aromatic N) is 1. The summed E-state index contributed by atoms with van der Waals surface area (Å²) in [6.07, 6.45) is 5.16. The molecule has 1 fully saturated rings. The van der Waals surface area contributed by atoms with Crippen LogP contribution in [-0.4, -0.2) is 23.4 Å². The topological polar surface area (TPSA) is 72.5 Å². The molecule has 1 aromatic carbocycles. The van der Waals surface area contributed by atoms with Gasteiger partial charge in [0.1, 0.15) is 0 Å². The van der Waals surface area contributed by atoms with E-state index in [1.165, 1.54) is 0 Å². The average Bonchev–Trinajstić information content (AvgIpc) is 3.02. The summed E-state index contributed by atoms with van der Waals surface area (Å²) in [5, 5.41) is 6.04. The summed E-state index contributed by atoms with van der Waals surface area (Å²) in [6, 6.07) is 11.5. The standard InChI is InChI=1S/C17H15N3O3/c21-16(19-9-12-4-2-1-3-5-12)17-15(22-11-23-17)8-13-10-18-7-6-14(13)20-17/h1-8,10,20H,9,11H2,(H,19,21). The third kappa shape index (κ3) is 2.33. The molecule has 2 aliphatic heterocycles. The Kier molecular flexibility index (Phi) is 3.24. The summed E-state index contributed by atoms with van der Waals surface area (Å²) >= 11 is 0. The average molecular weight is 309 g/mol. The van der Waals surface area contributed by atoms with Gasteiger partial charge in [-0.2, -0.15) is 0 Å². The molecule has 4 rings (SSSR count). The first-order valence-electron chi connectivity index (χ1n) is 7.31. The highest BCUT2D eigenvalue weighted by atomic mass is 16.7. The number of carbonyl (C=O) groups excluding carboxylic acids is 1. The highest BCUT2D eigenvalue weighted by Crippen LogP contribution is 2.38. The predicted molar refractivity (Wildman–Crippen MR) is 83.9 cm³/mol. The largest absolute Gasteiger partial charge is 0.466 e. The van der Waals surface area contributed by atoms with Gasteiger partial charge in [0.2, 0.25) is 0 Å². The molecule has 1 atom stereocenters. The number of carbonyl (C=O) groups is 1. The van der Waals surface area contributed by atoms with Gasteiger partial charge in [0, 0.05) is 30.2 Å². The molecule has 3 heterocycles. The summed E-state index contributed by atoms with van der Waals surface area (Å²) in [5.41, 5.74) is 1.34. The van der Waals surface area contributed by atoms with Crippen LogP contribution in [0.4, 0.5) is 5.69 Å². The van der Waals surface area contributed by atoms with Crippen LogP contribution >= 0.6 is 0 Å². The van der Waals surface area contributed by atoms with E-state index < -0.39 is 5.72 Å². The normalized spacial score (nSPS) is 21.3. The molecule has 0 spiro atoms. The molecule has 0 aliphatic carbocycles. The lowest BCUT2D eigenvalue weighted by atomic mass is 10.0. The van der Waals surface area contributed by atoms with Crippen LogP contribution in [0.3, 0.4) is 0 Å². The van der Waals surface area contributed by atoms with Gasteiger partial charge in [-0.1, -0.05) is 30.3 Å². The van der Waals surface area contributed by atoms with E-state index in [9.17, 15) is 4.79 Å². The Bertz CT molecular complexity index is 776. The highest BCUT2D eigenvalue weighted by Gasteiger charge is 2.51. The molecule has 2 aromatic rings. The van der Waals surface area contributed by atoms with Crippen molar-refractivity contribution in [2.45, 2.75) is 12.3 Å². The van der Waals surface area contributed by atoms with Gasteiger partial charge in [0.15, 0.2) is 12.6 Å². The minimum absolute atomic E-state index is 0.0268. The van der Waals surface area contributed by atoms with Gasteiger partial charge in [-0.05, 0) is 17.7 Å². The van der Waals surface area contributed by atoms with Crippen LogP contribution < -0.4 is 10.6 Å². The van der Waals surface area contributed by atoms with Gasteiger partial charge in [-0.25, -0.2) is 0 Å². The Hall–Kier alpha value is -2.86. The van der Waals surface area contributed by atoms with Crippen molar-refractivity contribution in [2.24, 2.45) is 0 Å². The molecule has 2 aliphatic rings. The second-order valence-corrected chi connectivity index (χ2v) is 5.35. The van der Waals surface area contributed by atoms with Crippen LogP contribution in [0.25, 0.3) is 6.08 Å². The van der Waals surface area contributed by atoms with E-state index in [0.29, 0.717) is 12.3 Å². The zero-order chi connectivity index (χ0) is 15.7. The number of anilines is 1. The van der Waals surface area contributed by atoms with Gasteiger partial charge < -0.3 is 20.1 Å². The molecule has 0 saturated carbocycles. The molecule has 6 heteroatoms. The lowest BCUT2D eigenvalue weighted by Gasteiger charge is -2.31. The molecule has 1 aromatic heterocycles. The van der Waals surface area contributed by atoms with Gasteiger partial charge in [-0.3, -0.25) is 9.78 Å². The summed E-state index contributed by atoms with van der Waals surface area (Å²) < 4.78 is 11.1. The number of hydrogen-bond donors (Lipinski definition) is 2. The van der Waals surface area contributed by atoms with Gasteiger partial charge in [0.25, 0.3) is 11.6 Å². The predicted octanol–water partition coefficient (Wildman–Crippen LogP) is 1.86. The summed E-state index contributed by atoms with van der Waals surface area (Å²) in [7, 11) is 0. The van der Waals surface area contributed by atoms with Crippen LogP contribution in [0.1, 0.15) is 11.1 Å². The first-order valence-corrected chi connectivity index (χ1v) is 7.31. The quantitative estimate of drug-likeness (QED) is 0.905. The van der Waals surface area contributed by atoms with E-state index in [1.807, 2.05) is 30.3 Å². The molecule has 23 heavy (non-hydrogen) atoms. The lowest BCUT2D eigenvalue weighted by Crippen LogP contribution is -2.54. The van der Waals surface area contributed by atoms with Crippen molar-refractivity contribution in [3.63, 3.8) is 0 Å². The minimum atomic E-state index is -1.32.